The minimum absolute atomic E-state index is 0.0248. The number of sulfonamides is 1. The van der Waals surface area contributed by atoms with E-state index in [4.69, 9.17) is 17.3 Å². The zero-order chi connectivity index (χ0) is 14.0. The molecule has 0 spiro atoms. The summed E-state index contributed by atoms with van der Waals surface area (Å²) < 4.78 is 26.8. The van der Waals surface area contributed by atoms with Crippen molar-refractivity contribution < 1.29 is 8.42 Å². The number of nitrogens with zero attached hydrogens (tertiary/aromatic N) is 2. The molecule has 1 aromatic carbocycles. The molecule has 1 heterocycles. The lowest BCUT2D eigenvalue weighted by atomic mass is 10.3. The standard InChI is InChI=1S/C10H12ClN5O2S/c1-6(10-13-5-14-15-10)16-19(17,18)9-3-2-7(11)4-8(9)12/h2-6,16H,12H2,1H3,(H,13,14,15). The SMILES string of the molecule is CC(NS(=O)(=O)c1ccc(Cl)cc1N)c1ncn[nH]1. The van der Waals surface area contributed by atoms with Gasteiger partial charge in [0.15, 0.2) is 0 Å². The molecule has 9 heteroatoms. The highest BCUT2D eigenvalue weighted by Gasteiger charge is 2.22. The summed E-state index contributed by atoms with van der Waals surface area (Å²) in [6.07, 6.45) is 1.30. The molecule has 1 unspecified atom stereocenters. The van der Waals surface area contributed by atoms with Crippen molar-refractivity contribution in [3.8, 4) is 0 Å². The van der Waals surface area contributed by atoms with Crippen LogP contribution in [0.1, 0.15) is 18.8 Å². The van der Waals surface area contributed by atoms with Crippen LogP contribution in [0.25, 0.3) is 0 Å². The van der Waals surface area contributed by atoms with Crippen molar-refractivity contribution in [2.24, 2.45) is 0 Å². The van der Waals surface area contributed by atoms with Crippen LogP contribution in [-0.4, -0.2) is 23.6 Å². The molecule has 19 heavy (non-hydrogen) atoms. The highest BCUT2D eigenvalue weighted by atomic mass is 35.5. The van der Waals surface area contributed by atoms with Crippen molar-refractivity contribution in [1.29, 1.82) is 0 Å². The fourth-order valence-corrected chi connectivity index (χ4v) is 3.04. The second kappa shape index (κ2) is 5.16. The van der Waals surface area contributed by atoms with Crippen LogP contribution in [0.3, 0.4) is 0 Å². The van der Waals surface area contributed by atoms with E-state index in [1.165, 1.54) is 24.5 Å². The van der Waals surface area contributed by atoms with Crippen LogP contribution in [0.2, 0.25) is 5.02 Å². The quantitative estimate of drug-likeness (QED) is 0.731. The third kappa shape index (κ3) is 3.03. The van der Waals surface area contributed by atoms with E-state index >= 15 is 0 Å². The number of nitrogen functional groups attached to an aromatic ring is 1. The van der Waals surface area contributed by atoms with Crippen LogP contribution < -0.4 is 10.5 Å². The number of hydrogen-bond acceptors (Lipinski definition) is 5. The molecule has 2 aromatic rings. The first kappa shape index (κ1) is 13.8. The highest BCUT2D eigenvalue weighted by Crippen LogP contribution is 2.23. The Kier molecular flexibility index (Phi) is 3.74. The predicted octanol–water partition coefficient (Wildman–Crippen LogP) is 1.08. The lowest BCUT2D eigenvalue weighted by Crippen LogP contribution is -2.28. The average Bonchev–Trinajstić information content (AvgIpc) is 2.80. The van der Waals surface area contributed by atoms with Crippen LogP contribution in [0.5, 0.6) is 0 Å². The third-order valence-electron chi connectivity index (χ3n) is 2.44. The molecule has 4 N–H and O–H groups in total. The Balaban J connectivity index is 2.28. The van der Waals surface area contributed by atoms with E-state index in [2.05, 4.69) is 19.9 Å². The molecular formula is C10H12ClN5O2S. The first-order valence-electron chi connectivity index (χ1n) is 5.33. The van der Waals surface area contributed by atoms with Gasteiger partial charge in [-0.2, -0.15) is 5.10 Å². The van der Waals surface area contributed by atoms with E-state index in [1.807, 2.05) is 0 Å². The number of aromatic nitrogens is 3. The molecular weight excluding hydrogens is 290 g/mol. The maximum Gasteiger partial charge on any atom is 0.243 e. The summed E-state index contributed by atoms with van der Waals surface area (Å²) in [5, 5.41) is 6.63. The van der Waals surface area contributed by atoms with Gasteiger partial charge in [-0.1, -0.05) is 11.6 Å². The summed E-state index contributed by atoms with van der Waals surface area (Å²) in [6.45, 7) is 1.64. The summed E-state index contributed by atoms with van der Waals surface area (Å²) in [6, 6.07) is 3.65. The van der Waals surface area contributed by atoms with E-state index in [0.29, 0.717) is 10.8 Å². The summed E-state index contributed by atoms with van der Waals surface area (Å²) in [4.78, 5) is 3.86. The van der Waals surface area contributed by atoms with Gasteiger partial charge < -0.3 is 5.73 Å². The van der Waals surface area contributed by atoms with Crippen LogP contribution in [0.4, 0.5) is 5.69 Å². The normalized spacial score (nSPS) is 13.4. The maximum absolute atomic E-state index is 12.2. The molecule has 7 nitrogen and oxygen atoms in total. The Morgan fingerprint density at radius 3 is 2.79 bits per heavy atom. The molecule has 0 aliphatic carbocycles. The number of nitrogens with two attached hydrogens (primary N) is 1. The number of anilines is 1. The molecule has 102 valence electrons. The average molecular weight is 302 g/mol. The van der Waals surface area contributed by atoms with Gasteiger partial charge in [-0.25, -0.2) is 18.1 Å². The van der Waals surface area contributed by atoms with Gasteiger partial charge in [-0.3, -0.25) is 5.10 Å². The van der Waals surface area contributed by atoms with Gasteiger partial charge in [0.25, 0.3) is 0 Å². The van der Waals surface area contributed by atoms with Crippen LogP contribution in [0.15, 0.2) is 29.4 Å². The number of aromatic amines is 1. The number of H-pyrrole nitrogens is 1. The van der Waals surface area contributed by atoms with Crippen molar-refractivity contribution in [3.63, 3.8) is 0 Å². The lowest BCUT2D eigenvalue weighted by Gasteiger charge is -2.13. The number of hydrogen-bond donors (Lipinski definition) is 3. The van der Waals surface area contributed by atoms with Crippen molar-refractivity contribution in [2.75, 3.05) is 5.73 Å². The molecule has 0 bridgehead atoms. The lowest BCUT2D eigenvalue weighted by molar-refractivity contribution is 0.560. The molecule has 0 aliphatic rings. The topological polar surface area (TPSA) is 114 Å². The Bertz CT molecular complexity index is 671. The molecule has 0 radical (unpaired) electrons. The van der Waals surface area contributed by atoms with Gasteiger partial charge in [0.05, 0.1) is 11.7 Å². The van der Waals surface area contributed by atoms with Crippen molar-refractivity contribution >= 4 is 27.3 Å². The highest BCUT2D eigenvalue weighted by molar-refractivity contribution is 7.89. The van der Waals surface area contributed by atoms with Crippen LogP contribution in [-0.2, 0) is 10.0 Å². The Hall–Kier alpha value is -1.64. The van der Waals surface area contributed by atoms with Gasteiger partial charge in [0.1, 0.15) is 17.0 Å². The molecule has 1 aromatic heterocycles. The van der Waals surface area contributed by atoms with E-state index in [1.54, 1.807) is 6.92 Å². The van der Waals surface area contributed by atoms with Gasteiger partial charge in [0.2, 0.25) is 10.0 Å². The predicted molar refractivity (Wildman–Crippen MR) is 71.0 cm³/mol. The first-order chi connectivity index (χ1) is 8.90. The molecule has 0 amide bonds. The zero-order valence-electron chi connectivity index (χ0n) is 9.96. The zero-order valence-corrected chi connectivity index (χ0v) is 11.5. The smallest absolute Gasteiger partial charge is 0.243 e. The number of benzene rings is 1. The number of halogens is 1. The largest absolute Gasteiger partial charge is 0.398 e. The Morgan fingerprint density at radius 2 is 2.21 bits per heavy atom. The Labute approximate surface area is 115 Å². The fourth-order valence-electron chi connectivity index (χ4n) is 1.54. The second-order valence-corrected chi connectivity index (χ2v) is 6.01. The third-order valence-corrected chi connectivity index (χ3v) is 4.29. The van der Waals surface area contributed by atoms with E-state index in [0.717, 1.165) is 0 Å². The summed E-state index contributed by atoms with van der Waals surface area (Å²) in [7, 11) is -3.75. The molecule has 1 atom stereocenters. The minimum atomic E-state index is -3.75. The number of rotatable bonds is 4. The van der Waals surface area contributed by atoms with E-state index in [9.17, 15) is 8.42 Å². The van der Waals surface area contributed by atoms with Crippen molar-refractivity contribution in [2.45, 2.75) is 17.9 Å². The molecule has 0 saturated carbocycles. The van der Waals surface area contributed by atoms with Crippen molar-refractivity contribution in [1.82, 2.24) is 19.9 Å². The van der Waals surface area contributed by atoms with Gasteiger partial charge in [-0.15, -0.1) is 0 Å². The Morgan fingerprint density at radius 1 is 1.47 bits per heavy atom. The van der Waals surface area contributed by atoms with E-state index < -0.39 is 16.1 Å². The molecule has 0 saturated heterocycles. The van der Waals surface area contributed by atoms with Gasteiger partial charge >= 0.3 is 0 Å². The maximum atomic E-state index is 12.2. The summed E-state index contributed by atoms with van der Waals surface area (Å²) in [5.41, 5.74) is 5.75. The van der Waals surface area contributed by atoms with Crippen LogP contribution in [0, 0.1) is 0 Å². The monoisotopic (exact) mass is 301 g/mol. The van der Waals surface area contributed by atoms with Gasteiger partial charge in [0, 0.05) is 5.02 Å². The molecule has 2 rings (SSSR count). The summed E-state index contributed by atoms with van der Waals surface area (Å²) in [5.74, 6) is 0.413. The first-order valence-corrected chi connectivity index (χ1v) is 7.19. The second-order valence-electron chi connectivity index (χ2n) is 3.90. The van der Waals surface area contributed by atoms with Crippen LogP contribution >= 0.6 is 11.6 Å². The van der Waals surface area contributed by atoms with Gasteiger partial charge in [-0.05, 0) is 25.1 Å². The van der Waals surface area contributed by atoms with Crippen molar-refractivity contribution in [3.05, 3.63) is 35.4 Å². The number of nitrogens with one attached hydrogen (secondary N) is 2. The summed E-state index contributed by atoms with van der Waals surface area (Å²) >= 11 is 5.74. The minimum Gasteiger partial charge on any atom is -0.398 e. The fraction of sp³-hybridized carbons (Fsp3) is 0.200. The van der Waals surface area contributed by atoms with E-state index in [-0.39, 0.29) is 10.6 Å². The molecule has 0 fully saturated rings. The molecule has 0 aliphatic heterocycles.